The van der Waals surface area contributed by atoms with Crippen LogP contribution in [0.15, 0.2) is 12.3 Å². The Morgan fingerprint density at radius 2 is 1.90 bits per heavy atom. The lowest BCUT2D eigenvalue weighted by Gasteiger charge is -2.37. The minimum Gasteiger partial charge on any atom is -0.490 e. The number of pyridine rings is 1. The topological polar surface area (TPSA) is 34.1 Å². The highest BCUT2D eigenvalue weighted by molar-refractivity contribution is 5.58. The SMILES string of the molecule is CCOc1c(N[C@H]2CC[C@H](C(C)(C)C)CC2)ccnc1C. The number of nitrogens with zero attached hydrogens (tertiary/aromatic N) is 1. The van der Waals surface area contributed by atoms with Crippen molar-refractivity contribution in [1.29, 1.82) is 0 Å². The molecule has 0 bridgehead atoms. The first kappa shape index (κ1) is 16.1. The van der Waals surface area contributed by atoms with Crippen molar-refractivity contribution in [3.63, 3.8) is 0 Å². The molecule has 0 aliphatic heterocycles. The Morgan fingerprint density at radius 1 is 1.24 bits per heavy atom. The van der Waals surface area contributed by atoms with E-state index in [4.69, 9.17) is 4.74 Å². The number of ether oxygens (including phenoxy) is 1. The standard InChI is InChI=1S/C18H30N2O/c1-6-21-17-13(2)19-12-11-16(17)20-15-9-7-14(8-10-15)18(3,4)5/h11-12,14-15H,6-10H2,1-5H3,(H,19,20)/t14-,15-. The summed E-state index contributed by atoms with van der Waals surface area (Å²) in [5.41, 5.74) is 2.50. The number of aryl methyl sites for hydroxylation is 1. The molecule has 2 rings (SSSR count). The van der Waals surface area contributed by atoms with Gasteiger partial charge in [-0.1, -0.05) is 20.8 Å². The van der Waals surface area contributed by atoms with Gasteiger partial charge in [-0.2, -0.15) is 0 Å². The maximum atomic E-state index is 5.76. The van der Waals surface area contributed by atoms with Crippen molar-refractivity contribution in [3.05, 3.63) is 18.0 Å². The summed E-state index contributed by atoms with van der Waals surface area (Å²) in [5.74, 6) is 1.76. The third-order valence-corrected chi connectivity index (χ3v) is 4.68. The lowest BCUT2D eigenvalue weighted by Crippen LogP contribution is -2.31. The molecule has 1 heterocycles. The first-order chi connectivity index (χ1) is 9.91. The Morgan fingerprint density at radius 3 is 2.48 bits per heavy atom. The molecule has 3 nitrogen and oxygen atoms in total. The van der Waals surface area contributed by atoms with Gasteiger partial charge < -0.3 is 10.1 Å². The quantitative estimate of drug-likeness (QED) is 0.864. The van der Waals surface area contributed by atoms with Crippen LogP contribution in [0, 0.1) is 18.3 Å². The van der Waals surface area contributed by atoms with Gasteiger partial charge in [-0.3, -0.25) is 4.98 Å². The lowest BCUT2D eigenvalue weighted by atomic mass is 9.71. The Kier molecular flexibility index (Phi) is 5.13. The van der Waals surface area contributed by atoms with Crippen LogP contribution < -0.4 is 10.1 Å². The largest absolute Gasteiger partial charge is 0.490 e. The molecule has 1 aliphatic rings. The van der Waals surface area contributed by atoms with Gasteiger partial charge in [0.15, 0.2) is 5.75 Å². The van der Waals surface area contributed by atoms with Crippen LogP contribution in [-0.2, 0) is 0 Å². The van der Waals surface area contributed by atoms with Crippen LogP contribution >= 0.6 is 0 Å². The zero-order valence-corrected chi connectivity index (χ0v) is 14.2. The van der Waals surface area contributed by atoms with Gasteiger partial charge in [0, 0.05) is 12.2 Å². The summed E-state index contributed by atoms with van der Waals surface area (Å²) in [7, 11) is 0. The first-order valence-corrected chi connectivity index (χ1v) is 8.26. The van der Waals surface area contributed by atoms with Crippen molar-refractivity contribution in [3.8, 4) is 5.75 Å². The van der Waals surface area contributed by atoms with Gasteiger partial charge >= 0.3 is 0 Å². The molecular formula is C18H30N2O. The van der Waals surface area contributed by atoms with Crippen LogP contribution in [0.3, 0.4) is 0 Å². The molecule has 21 heavy (non-hydrogen) atoms. The van der Waals surface area contributed by atoms with E-state index in [-0.39, 0.29) is 0 Å². The van der Waals surface area contributed by atoms with E-state index in [9.17, 15) is 0 Å². The molecular weight excluding hydrogens is 260 g/mol. The second-order valence-corrected chi connectivity index (χ2v) is 7.26. The van der Waals surface area contributed by atoms with Gasteiger partial charge in [0.2, 0.25) is 0 Å². The lowest BCUT2D eigenvalue weighted by molar-refractivity contribution is 0.173. The fourth-order valence-corrected chi connectivity index (χ4v) is 3.32. The van der Waals surface area contributed by atoms with Crippen LogP contribution in [0.2, 0.25) is 0 Å². The van der Waals surface area contributed by atoms with Crippen molar-refractivity contribution in [2.24, 2.45) is 11.3 Å². The van der Waals surface area contributed by atoms with E-state index >= 15 is 0 Å². The van der Waals surface area contributed by atoms with Gasteiger partial charge in [-0.15, -0.1) is 0 Å². The van der Waals surface area contributed by atoms with Crippen molar-refractivity contribution >= 4 is 5.69 Å². The van der Waals surface area contributed by atoms with Crippen molar-refractivity contribution in [2.75, 3.05) is 11.9 Å². The zero-order chi connectivity index (χ0) is 15.5. The Bertz CT molecular complexity index is 457. The highest BCUT2D eigenvalue weighted by Gasteiger charge is 2.29. The van der Waals surface area contributed by atoms with E-state index in [1.807, 2.05) is 26.1 Å². The average Bonchev–Trinajstić information content (AvgIpc) is 2.42. The van der Waals surface area contributed by atoms with Crippen molar-refractivity contribution in [1.82, 2.24) is 4.98 Å². The van der Waals surface area contributed by atoms with Gasteiger partial charge in [0.1, 0.15) is 0 Å². The Balaban J connectivity index is 1.99. The highest BCUT2D eigenvalue weighted by atomic mass is 16.5. The molecule has 0 saturated heterocycles. The molecule has 1 aliphatic carbocycles. The maximum absolute atomic E-state index is 5.76. The summed E-state index contributed by atoms with van der Waals surface area (Å²) in [4.78, 5) is 4.33. The van der Waals surface area contributed by atoms with Crippen molar-refractivity contribution in [2.45, 2.75) is 66.3 Å². The molecule has 0 radical (unpaired) electrons. The number of anilines is 1. The minimum atomic E-state index is 0.439. The minimum absolute atomic E-state index is 0.439. The molecule has 3 heteroatoms. The Labute approximate surface area is 129 Å². The molecule has 0 aromatic carbocycles. The predicted molar refractivity (Wildman–Crippen MR) is 89.0 cm³/mol. The second-order valence-electron chi connectivity index (χ2n) is 7.26. The van der Waals surface area contributed by atoms with E-state index in [1.165, 1.54) is 25.7 Å². The summed E-state index contributed by atoms with van der Waals surface area (Å²) in [5, 5.41) is 3.68. The summed E-state index contributed by atoms with van der Waals surface area (Å²) in [6, 6.07) is 2.60. The molecule has 0 atom stereocenters. The van der Waals surface area contributed by atoms with E-state index < -0.39 is 0 Å². The summed E-state index contributed by atoms with van der Waals surface area (Å²) < 4.78 is 5.76. The Hall–Kier alpha value is -1.25. The molecule has 1 aromatic heterocycles. The fourth-order valence-electron chi connectivity index (χ4n) is 3.32. The molecule has 0 unspecified atom stereocenters. The highest BCUT2D eigenvalue weighted by Crippen LogP contribution is 2.39. The van der Waals surface area contributed by atoms with E-state index in [1.54, 1.807) is 0 Å². The molecule has 0 amide bonds. The smallest absolute Gasteiger partial charge is 0.163 e. The number of hydrogen-bond donors (Lipinski definition) is 1. The van der Waals surface area contributed by atoms with Gasteiger partial charge in [-0.05, 0) is 56.9 Å². The number of nitrogens with one attached hydrogen (secondary N) is 1. The predicted octanol–water partition coefficient (Wildman–Crippen LogP) is 4.81. The average molecular weight is 290 g/mol. The number of aromatic nitrogens is 1. The molecule has 1 aromatic rings. The van der Waals surface area contributed by atoms with Crippen molar-refractivity contribution < 1.29 is 4.74 Å². The molecule has 1 N–H and O–H groups in total. The van der Waals surface area contributed by atoms with E-state index in [2.05, 4.69) is 31.1 Å². The molecule has 1 saturated carbocycles. The third kappa shape index (κ3) is 4.12. The normalized spacial score (nSPS) is 22.9. The van der Waals surface area contributed by atoms with E-state index in [0.29, 0.717) is 18.1 Å². The van der Waals surface area contributed by atoms with Crippen LogP contribution in [0.4, 0.5) is 5.69 Å². The fraction of sp³-hybridized carbons (Fsp3) is 0.722. The number of rotatable bonds is 4. The second kappa shape index (κ2) is 6.67. The monoisotopic (exact) mass is 290 g/mol. The summed E-state index contributed by atoms with van der Waals surface area (Å²) >= 11 is 0. The summed E-state index contributed by atoms with van der Waals surface area (Å²) in [6.45, 7) is 11.8. The van der Waals surface area contributed by atoms with Crippen LogP contribution in [0.1, 0.15) is 59.1 Å². The third-order valence-electron chi connectivity index (χ3n) is 4.68. The number of hydrogen-bond acceptors (Lipinski definition) is 3. The maximum Gasteiger partial charge on any atom is 0.163 e. The van der Waals surface area contributed by atoms with Crippen LogP contribution in [-0.4, -0.2) is 17.6 Å². The molecule has 1 fully saturated rings. The van der Waals surface area contributed by atoms with Crippen LogP contribution in [0.25, 0.3) is 0 Å². The van der Waals surface area contributed by atoms with E-state index in [0.717, 1.165) is 23.0 Å². The summed E-state index contributed by atoms with van der Waals surface area (Å²) in [6.07, 6.45) is 6.98. The van der Waals surface area contributed by atoms with Gasteiger partial charge in [0.25, 0.3) is 0 Å². The van der Waals surface area contributed by atoms with Crippen LogP contribution in [0.5, 0.6) is 5.75 Å². The molecule has 0 spiro atoms. The van der Waals surface area contributed by atoms with Gasteiger partial charge in [-0.25, -0.2) is 0 Å². The molecule has 118 valence electrons. The van der Waals surface area contributed by atoms with Gasteiger partial charge in [0.05, 0.1) is 18.0 Å². The first-order valence-electron chi connectivity index (χ1n) is 8.26. The zero-order valence-electron chi connectivity index (χ0n) is 14.2.